The van der Waals surface area contributed by atoms with Crippen molar-refractivity contribution in [2.75, 3.05) is 13.2 Å². The molecule has 0 fully saturated rings. The number of allylic oxidation sites excluding steroid dienone is 16. The van der Waals surface area contributed by atoms with Crippen LogP contribution in [0.5, 0.6) is 0 Å². The third kappa shape index (κ3) is 49.3. The van der Waals surface area contributed by atoms with E-state index < -0.39 is 6.10 Å². The second kappa shape index (κ2) is 52.0. The molecule has 0 aromatic rings. The lowest BCUT2D eigenvalue weighted by Crippen LogP contribution is -2.30. The van der Waals surface area contributed by atoms with Crippen LogP contribution in [-0.2, 0) is 28.6 Å². The Bertz CT molecular complexity index is 1300. The highest BCUT2D eigenvalue weighted by Crippen LogP contribution is 2.13. The normalized spacial score (nSPS) is 12.9. The number of unbranched alkanes of at least 4 members (excludes halogenated alkanes) is 19. The summed E-state index contributed by atoms with van der Waals surface area (Å²) in [6, 6.07) is 0. The van der Waals surface area contributed by atoms with Gasteiger partial charge in [-0.2, -0.15) is 0 Å². The Morgan fingerprint density at radius 3 is 1.06 bits per heavy atom. The summed E-state index contributed by atoms with van der Waals surface area (Å²) in [5.41, 5.74) is 0. The number of carbonyl (C=O) groups is 3. The Balaban J connectivity index is 4.46. The summed E-state index contributed by atoms with van der Waals surface area (Å²) in [6.07, 6.45) is 68.3. The van der Waals surface area contributed by atoms with Crippen LogP contribution < -0.4 is 0 Å². The highest BCUT2D eigenvalue weighted by atomic mass is 16.6. The molecule has 6 heteroatoms. The number of carbonyl (C=O) groups excluding carboxylic acids is 3. The minimum Gasteiger partial charge on any atom is -0.462 e. The van der Waals surface area contributed by atoms with E-state index in [-0.39, 0.29) is 37.5 Å². The molecule has 0 saturated heterocycles. The second-order valence-electron chi connectivity index (χ2n) is 17.0. The Morgan fingerprint density at radius 1 is 0.328 bits per heavy atom. The van der Waals surface area contributed by atoms with E-state index in [1.54, 1.807) is 0 Å². The quantitative estimate of drug-likeness (QED) is 0.0262. The zero-order valence-electron chi connectivity index (χ0n) is 41.5. The maximum absolute atomic E-state index is 12.8. The number of hydrogen-bond acceptors (Lipinski definition) is 6. The molecule has 1 unspecified atom stereocenters. The Hall–Kier alpha value is -3.67. The summed E-state index contributed by atoms with van der Waals surface area (Å²) in [5.74, 6) is -0.993. The largest absolute Gasteiger partial charge is 0.462 e. The van der Waals surface area contributed by atoms with Gasteiger partial charge in [0.1, 0.15) is 13.2 Å². The molecular formula is C58H96O6. The molecule has 0 aliphatic carbocycles. The van der Waals surface area contributed by atoms with Gasteiger partial charge in [-0.3, -0.25) is 14.4 Å². The monoisotopic (exact) mass is 889 g/mol. The van der Waals surface area contributed by atoms with Crippen molar-refractivity contribution in [3.8, 4) is 0 Å². The first kappa shape index (κ1) is 60.3. The molecule has 0 spiro atoms. The minimum atomic E-state index is -0.814. The maximum Gasteiger partial charge on any atom is 0.306 e. The Kier molecular flexibility index (Phi) is 49.0. The third-order valence-electron chi connectivity index (χ3n) is 10.8. The summed E-state index contributed by atoms with van der Waals surface area (Å²) in [6.45, 7) is 6.40. The van der Waals surface area contributed by atoms with Crippen LogP contribution in [0, 0.1) is 0 Å². The van der Waals surface area contributed by atoms with Gasteiger partial charge in [-0.05, 0) is 109 Å². The van der Waals surface area contributed by atoms with E-state index in [4.69, 9.17) is 14.2 Å². The fourth-order valence-electron chi connectivity index (χ4n) is 6.84. The Labute approximate surface area is 394 Å². The van der Waals surface area contributed by atoms with Crippen LogP contribution in [0.25, 0.3) is 0 Å². The van der Waals surface area contributed by atoms with E-state index in [0.29, 0.717) is 19.3 Å². The van der Waals surface area contributed by atoms with Crippen molar-refractivity contribution in [3.05, 3.63) is 97.2 Å². The van der Waals surface area contributed by atoms with Gasteiger partial charge in [0.25, 0.3) is 0 Å². The fraction of sp³-hybridized carbons (Fsp3) is 0.672. The van der Waals surface area contributed by atoms with Crippen LogP contribution >= 0.6 is 0 Å². The standard InChI is InChI=1S/C58H96O6/c1-4-7-10-13-16-19-22-24-26-28-29-31-32-34-36-39-42-45-48-51-57(60)63-54-55(53-62-56(59)50-47-44-41-38-21-18-15-12-9-6-3)64-58(61)52-49-46-43-40-37-35-33-30-27-25-23-20-17-14-11-8-5-2/h7,10,15-16,18-19,24-27,29,31,33,35,40,43,55H,4-6,8-9,11-14,17,20-23,28,30,32,34,36-39,41-42,44-54H2,1-3H3/b10-7-,18-15-,19-16-,26-24-,27-25-,31-29-,35-33-,43-40-. The fourth-order valence-corrected chi connectivity index (χ4v) is 6.84. The smallest absolute Gasteiger partial charge is 0.306 e. The molecule has 0 saturated carbocycles. The predicted molar refractivity (Wildman–Crippen MR) is 274 cm³/mol. The number of esters is 3. The first-order valence-corrected chi connectivity index (χ1v) is 26.2. The zero-order chi connectivity index (χ0) is 46.5. The number of rotatable bonds is 46. The molecule has 0 heterocycles. The molecule has 364 valence electrons. The van der Waals surface area contributed by atoms with Gasteiger partial charge in [0, 0.05) is 19.3 Å². The van der Waals surface area contributed by atoms with Gasteiger partial charge < -0.3 is 14.2 Å². The minimum absolute atomic E-state index is 0.109. The summed E-state index contributed by atoms with van der Waals surface area (Å²) in [7, 11) is 0. The van der Waals surface area contributed by atoms with Crippen LogP contribution in [0.15, 0.2) is 97.2 Å². The van der Waals surface area contributed by atoms with Crippen molar-refractivity contribution in [2.45, 2.75) is 239 Å². The lowest BCUT2D eigenvalue weighted by molar-refractivity contribution is -0.167. The van der Waals surface area contributed by atoms with Gasteiger partial charge in [-0.15, -0.1) is 0 Å². The SMILES string of the molecule is CC/C=C\C/C=C\C/C=C\C/C=C\CCCCCCCCC(=O)OCC(COC(=O)CCCCCC/C=C\CCCC)OC(=O)CCC/C=C\C/C=C\C/C=C\CCCCCCCC. The number of ether oxygens (including phenoxy) is 3. The first-order chi connectivity index (χ1) is 31.5. The van der Waals surface area contributed by atoms with E-state index in [1.165, 1.54) is 70.6 Å². The van der Waals surface area contributed by atoms with Crippen LogP contribution in [0.4, 0.5) is 0 Å². The predicted octanol–water partition coefficient (Wildman–Crippen LogP) is 17.4. The molecule has 0 amide bonds. The second-order valence-corrected chi connectivity index (χ2v) is 17.0. The van der Waals surface area contributed by atoms with Crippen LogP contribution in [0.2, 0.25) is 0 Å². The molecule has 0 aromatic carbocycles. The molecule has 0 aromatic heterocycles. The summed E-state index contributed by atoms with van der Waals surface area (Å²) < 4.78 is 16.7. The van der Waals surface area contributed by atoms with E-state index in [0.717, 1.165) is 116 Å². The average molecular weight is 889 g/mol. The summed E-state index contributed by atoms with van der Waals surface area (Å²) in [4.78, 5) is 37.9. The number of hydrogen-bond donors (Lipinski definition) is 0. The first-order valence-electron chi connectivity index (χ1n) is 26.2. The average Bonchev–Trinajstić information content (AvgIpc) is 3.29. The van der Waals surface area contributed by atoms with E-state index >= 15 is 0 Å². The zero-order valence-corrected chi connectivity index (χ0v) is 41.5. The topological polar surface area (TPSA) is 78.9 Å². The molecule has 0 bridgehead atoms. The van der Waals surface area contributed by atoms with Crippen molar-refractivity contribution in [2.24, 2.45) is 0 Å². The molecule has 0 rings (SSSR count). The van der Waals surface area contributed by atoms with Crippen molar-refractivity contribution in [1.29, 1.82) is 0 Å². The van der Waals surface area contributed by atoms with Crippen LogP contribution in [-0.4, -0.2) is 37.2 Å². The van der Waals surface area contributed by atoms with Gasteiger partial charge in [0.15, 0.2) is 6.10 Å². The van der Waals surface area contributed by atoms with Crippen molar-refractivity contribution >= 4 is 17.9 Å². The molecule has 64 heavy (non-hydrogen) atoms. The lowest BCUT2D eigenvalue weighted by atomic mass is 10.1. The molecule has 6 nitrogen and oxygen atoms in total. The van der Waals surface area contributed by atoms with Crippen molar-refractivity contribution in [1.82, 2.24) is 0 Å². The van der Waals surface area contributed by atoms with Crippen molar-refractivity contribution in [3.63, 3.8) is 0 Å². The molecule has 0 aliphatic heterocycles. The van der Waals surface area contributed by atoms with Gasteiger partial charge in [-0.25, -0.2) is 0 Å². The van der Waals surface area contributed by atoms with Crippen LogP contribution in [0.3, 0.4) is 0 Å². The molecule has 0 N–H and O–H groups in total. The summed E-state index contributed by atoms with van der Waals surface area (Å²) >= 11 is 0. The molecule has 0 aliphatic rings. The highest BCUT2D eigenvalue weighted by Gasteiger charge is 2.19. The summed E-state index contributed by atoms with van der Waals surface area (Å²) in [5, 5.41) is 0. The van der Waals surface area contributed by atoms with Gasteiger partial charge in [0.2, 0.25) is 0 Å². The highest BCUT2D eigenvalue weighted by molar-refractivity contribution is 5.71. The molecule has 1 atom stereocenters. The van der Waals surface area contributed by atoms with Gasteiger partial charge >= 0.3 is 17.9 Å². The van der Waals surface area contributed by atoms with E-state index in [1.807, 2.05) is 0 Å². The molecule has 0 radical (unpaired) electrons. The Morgan fingerprint density at radius 2 is 0.641 bits per heavy atom. The van der Waals surface area contributed by atoms with E-state index in [2.05, 4.69) is 118 Å². The van der Waals surface area contributed by atoms with Gasteiger partial charge in [-0.1, -0.05) is 201 Å². The third-order valence-corrected chi connectivity index (χ3v) is 10.8. The van der Waals surface area contributed by atoms with Gasteiger partial charge in [0.05, 0.1) is 0 Å². The van der Waals surface area contributed by atoms with Crippen molar-refractivity contribution < 1.29 is 28.6 Å². The van der Waals surface area contributed by atoms with E-state index in [9.17, 15) is 14.4 Å². The maximum atomic E-state index is 12.8. The lowest BCUT2D eigenvalue weighted by Gasteiger charge is -2.18. The van der Waals surface area contributed by atoms with Crippen LogP contribution in [0.1, 0.15) is 233 Å². The molecular weight excluding hydrogens is 793 g/mol.